The molecule has 0 N–H and O–H groups in total. The van der Waals surface area contributed by atoms with Crippen molar-refractivity contribution in [3.8, 4) is 11.1 Å². The van der Waals surface area contributed by atoms with Gasteiger partial charge in [0, 0.05) is 29.3 Å². The third-order valence-electron chi connectivity index (χ3n) is 6.02. The maximum absolute atomic E-state index is 13.1. The number of carbonyl (C=O) groups excluding carboxylic acids is 2. The molecule has 0 saturated heterocycles. The van der Waals surface area contributed by atoms with Crippen molar-refractivity contribution >= 4 is 17.5 Å². The maximum Gasteiger partial charge on any atom is 0.315 e. The fraction of sp³-hybridized carbons (Fsp3) is 0.370. The number of hydrogen-bond acceptors (Lipinski definition) is 4. The number of ether oxygens (including phenoxy) is 1. The Morgan fingerprint density at radius 2 is 1.71 bits per heavy atom. The first-order valence-electron chi connectivity index (χ1n) is 11.1. The van der Waals surface area contributed by atoms with E-state index in [9.17, 15) is 9.59 Å². The summed E-state index contributed by atoms with van der Waals surface area (Å²) in [6.45, 7) is 6.28. The first kappa shape index (κ1) is 21.2. The Morgan fingerprint density at radius 3 is 2.39 bits per heavy atom. The summed E-state index contributed by atoms with van der Waals surface area (Å²) in [6, 6.07) is 18.4. The van der Waals surface area contributed by atoms with Crippen LogP contribution in [-0.4, -0.2) is 24.1 Å². The lowest BCUT2D eigenvalue weighted by molar-refractivity contribution is -0.147. The molecule has 0 saturated carbocycles. The van der Waals surface area contributed by atoms with Crippen molar-refractivity contribution < 1.29 is 14.3 Å². The van der Waals surface area contributed by atoms with E-state index in [4.69, 9.17) is 9.73 Å². The fourth-order valence-corrected chi connectivity index (χ4v) is 4.52. The van der Waals surface area contributed by atoms with Gasteiger partial charge in [-0.2, -0.15) is 0 Å². The summed E-state index contributed by atoms with van der Waals surface area (Å²) in [6.07, 6.45) is 2.11. The fourth-order valence-electron chi connectivity index (χ4n) is 4.52. The second kappa shape index (κ2) is 9.01. The van der Waals surface area contributed by atoms with E-state index in [0.717, 1.165) is 40.9 Å². The standard InChI is InChI=1S/C27H29NO3/c1-17(2)16-31-27(30)24-18(3)28-22-10-7-11-23(29)26(22)25(24)21-14-12-20(13-15-21)19-8-5-4-6-9-19/h4-6,8-9,12-15,17,24-25H,7,10-11,16H2,1-3H3/t24?,25-/m0/s1. The highest BCUT2D eigenvalue weighted by atomic mass is 16.5. The van der Waals surface area contributed by atoms with Gasteiger partial charge < -0.3 is 4.74 Å². The van der Waals surface area contributed by atoms with E-state index < -0.39 is 5.92 Å². The van der Waals surface area contributed by atoms with Crippen LogP contribution in [0.15, 0.2) is 70.9 Å². The average Bonchev–Trinajstić information content (AvgIpc) is 2.77. The van der Waals surface area contributed by atoms with E-state index in [2.05, 4.69) is 24.3 Å². The zero-order chi connectivity index (χ0) is 22.0. The van der Waals surface area contributed by atoms with Gasteiger partial charge in [-0.1, -0.05) is 68.4 Å². The van der Waals surface area contributed by atoms with Gasteiger partial charge >= 0.3 is 5.97 Å². The maximum atomic E-state index is 13.1. The number of carbonyl (C=O) groups is 2. The van der Waals surface area contributed by atoms with Gasteiger partial charge in [-0.25, -0.2) is 0 Å². The number of esters is 1. The zero-order valence-corrected chi connectivity index (χ0v) is 18.4. The van der Waals surface area contributed by atoms with Crippen LogP contribution in [0.1, 0.15) is 51.5 Å². The second-order valence-electron chi connectivity index (χ2n) is 8.86. The summed E-state index contributed by atoms with van der Waals surface area (Å²) in [4.78, 5) is 30.8. The number of hydrogen-bond donors (Lipinski definition) is 0. The van der Waals surface area contributed by atoms with E-state index in [0.29, 0.717) is 18.6 Å². The quantitative estimate of drug-likeness (QED) is 0.586. The van der Waals surface area contributed by atoms with Crippen LogP contribution in [0.25, 0.3) is 11.1 Å². The van der Waals surface area contributed by atoms with Gasteiger partial charge in [0.2, 0.25) is 0 Å². The van der Waals surface area contributed by atoms with Crippen LogP contribution >= 0.6 is 0 Å². The lowest BCUT2D eigenvalue weighted by Crippen LogP contribution is -2.37. The number of allylic oxidation sites excluding steroid dienone is 2. The molecule has 2 aliphatic rings. The predicted octanol–water partition coefficient (Wildman–Crippen LogP) is 5.73. The number of aliphatic imine (C=N–C) groups is 1. The number of rotatable bonds is 5. The topological polar surface area (TPSA) is 55.7 Å². The molecule has 4 rings (SSSR count). The minimum Gasteiger partial charge on any atom is -0.465 e. The van der Waals surface area contributed by atoms with E-state index in [1.807, 2.05) is 51.1 Å². The Balaban J connectivity index is 1.74. The van der Waals surface area contributed by atoms with Gasteiger partial charge in [-0.3, -0.25) is 14.6 Å². The van der Waals surface area contributed by atoms with Gasteiger partial charge in [0.05, 0.1) is 6.61 Å². The van der Waals surface area contributed by atoms with Crippen LogP contribution in [0.4, 0.5) is 0 Å². The summed E-state index contributed by atoms with van der Waals surface area (Å²) in [5.41, 5.74) is 5.49. The molecule has 2 aromatic rings. The highest BCUT2D eigenvalue weighted by molar-refractivity contribution is 6.08. The van der Waals surface area contributed by atoms with Gasteiger partial charge in [-0.05, 0) is 42.4 Å². The molecule has 0 aromatic heterocycles. The van der Waals surface area contributed by atoms with Crippen LogP contribution < -0.4 is 0 Å². The number of nitrogens with zero attached hydrogens (tertiary/aromatic N) is 1. The normalized spacial score (nSPS) is 21.0. The monoisotopic (exact) mass is 415 g/mol. The molecule has 1 unspecified atom stereocenters. The van der Waals surface area contributed by atoms with Gasteiger partial charge in [0.15, 0.2) is 5.78 Å². The minimum absolute atomic E-state index is 0.108. The number of Topliss-reactive ketones (excluding diaryl/α,β-unsaturated/α-hetero) is 1. The Morgan fingerprint density at radius 1 is 1.03 bits per heavy atom. The molecule has 31 heavy (non-hydrogen) atoms. The average molecular weight is 416 g/mol. The molecule has 0 bridgehead atoms. The first-order valence-corrected chi connectivity index (χ1v) is 11.1. The molecular weight excluding hydrogens is 386 g/mol. The molecular formula is C27H29NO3. The van der Waals surface area contributed by atoms with E-state index in [-0.39, 0.29) is 23.6 Å². The number of ketones is 1. The van der Waals surface area contributed by atoms with Crippen LogP contribution in [-0.2, 0) is 14.3 Å². The van der Waals surface area contributed by atoms with Crippen molar-refractivity contribution in [2.24, 2.45) is 16.8 Å². The molecule has 1 heterocycles. The molecule has 0 fully saturated rings. The Labute approximate surface area is 184 Å². The van der Waals surface area contributed by atoms with Gasteiger partial charge in [0.25, 0.3) is 0 Å². The largest absolute Gasteiger partial charge is 0.465 e. The van der Waals surface area contributed by atoms with Crippen LogP contribution in [0.2, 0.25) is 0 Å². The van der Waals surface area contributed by atoms with Crippen LogP contribution in [0.3, 0.4) is 0 Å². The van der Waals surface area contributed by atoms with E-state index in [1.165, 1.54) is 0 Å². The summed E-state index contributed by atoms with van der Waals surface area (Å²) >= 11 is 0. The molecule has 1 aliphatic carbocycles. The van der Waals surface area contributed by atoms with Crippen molar-refractivity contribution in [2.45, 2.75) is 46.0 Å². The summed E-state index contributed by atoms with van der Waals surface area (Å²) in [5, 5.41) is 0. The SMILES string of the molecule is CC1=NC2=C(C(=O)CCC2)[C@@H](c2ccc(-c3ccccc3)cc2)C1C(=O)OCC(C)C. The summed E-state index contributed by atoms with van der Waals surface area (Å²) in [5.74, 6) is -0.848. The summed E-state index contributed by atoms with van der Waals surface area (Å²) < 4.78 is 5.62. The summed E-state index contributed by atoms with van der Waals surface area (Å²) in [7, 11) is 0. The molecule has 0 amide bonds. The van der Waals surface area contributed by atoms with E-state index >= 15 is 0 Å². The van der Waals surface area contributed by atoms with Crippen molar-refractivity contribution in [1.82, 2.24) is 0 Å². The smallest absolute Gasteiger partial charge is 0.315 e. The first-order chi connectivity index (χ1) is 15.0. The molecule has 2 atom stereocenters. The molecule has 0 radical (unpaired) electrons. The highest BCUT2D eigenvalue weighted by Gasteiger charge is 2.43. The Bertz CT molecular complexity index is 1030. The Kier molecular flexibility index (Phi) is 6.17. The molecule has 4 nitrogen and oxygen atoms in total. The molecule has 1 aliphatic heterocycles. The van der Waals surface area contributed by atoms with Crippen LogP contribution in [0, 0.1) is 11.8 Å². The second-order valence-corrected chi connectivity index (χ2v) is 8.86. The van der Waals surface area contributed by atoms with Crippen molar-refractivity contribution in [1.29, 1.82) is 0 Å². The van der Waals surface area contributed by atoms with E-state index in [1.54, 1.807) is 0 Å². The third kappa shape index (κ3) is 4.39. The lowest BCUT2D eigenvalue weighted by atomic mass is 9.71. The van der Waals surface area contributed by atoms with Crippen molar-refractivity contribution in [3.63, 3.8) is 0 Å². The lowest BCUT2D eigenvalue weighted by Gasteiger charge is -2.34. The zero-order valence-electron chi connectivity index (χ0n) is 18.4. The van der Waals surface area contributed by atoms with Crippen molar-refractivity contribution in [3.05, 3.63) is 71.4 Å². The molecule has 160 valence electrons. The third-order valence-corrected chi connectivity index (χ3v) is 6.02. The highest BCUT2D eigenvalue weighted by Crippen LogP contribution is 2.44. The van der Waals surface area contributed by atoms with Gasteiger partial charge in [-0.15, -0.1) is 0 Å². The van der Waals surface area contributed by atoms with Gasteiger partial charge in [0.1, 0.15) is 5.92 Å². The van der Waals surface area contributed by atoms with Crippen LogP contribution in [0.5, 0.6) is 0 Å². The minimum atomic E-state index is -0.567. The van der Waals surface area contributed by atoms with Crippen molar-refractivity contribution in [2.75, 3.05) is 6.61 Å². The molecule has 4 heteroatoms. The Hall–Kier alpha value is -3.01. The molecule has 0 spiro atoms. The molecule has 2 aromatic carbocycles. The predicted molar refractivity (Wildman–Crippen MR) is 123 cm³/mol. The number of benzene rings is 2.